The molecular weight excluding hydrogens is 558 g/mol. The first kappa shape index (κ1) is 29.0. The van der Waals surface area contributed by atoms with Crippen LogP contribution in [0.15, 0.2) is 67.1 Å². The lowest BCUT2D eigenvalue weighted by molar-refractivity contribution is -0.118. The van der Waals surface area contributed by atoms with Crippen molar-refractivity contribution >= 4 is 34.4 Å². The van der Waals surface area contributed by atoms with Gasteiger partial charge in [0.15, 0.2) is 0 Å². The fourth-order valence-corrected chi connectivity index (χ4v) is 5.63. The molecule has 2 aliphatic rings. The summed E-state index contributed by atoms with van der Waals surface area (Å²) in [6.45, 7) is 8.56. The second-order valence-electron chi connectivity index (χ2n) is 11.0. The maximum atomic E-state index is 13.1. The predicted octanol–water partition coefficient (Wildman–Crippen LogP) is 3.27. The summed E-state index contributed by atoms with van der Waals surface area (Å²) in [5.41, 5.74) is 4.49. The second kappa shape index (κ2) is 13.0. The summed E-state index contributed by atoms with van der Waals surface area (Å²) in [4.78, 5) is 46.2. The number of rotatable bonds is 8. The summed E-state index contributed by atoms with van der Waals surface area (Å²) in [6, 6.07) is 15.1. The molecule has 44 heavy (non-hydrogen) atoms. The van der Waals surface area contributed by atoms with Crippen molar-refractivity contribution in [2.24, 2.45) is 0 Å². The SMILES string of the molecule is C=C(C#N)C(=O)NC1CCCN(Cc2ccnc(C(=O)Nc3ccc(-c4cc5c(N6CCOCC6)ncnc5[nH]4)cc3)c2)C1. The lowest BCUT2D eigenvalue weighted by Crippen LogP contribution is -2.47. The largest absolute Gasteiger partial charge is 0.378 e. The van der Waals surface area contributed by atoms with Crippen LogP contribution in [0.2, 0.25) is 0 Å². The highest BCUT2D eigenvalue weighted by Crippen LogP contribution is 2.29. The molecule has 0 spiro atoms. The number of carbonyl (C=O) groups is 2. The maximum absolute atomic E-state index is 13.1. The van der Waals surface area contributed by atoms with Gasteiger partial charge in [0.05, 0.1) is 18.6 Å². The molecule has 2 saturated heterocycles. The number of nitrogens with zero attached hydrogens (tertiary/aromatic N) is 6. The minimum absolute atomic E-state index is 0.0574. The third-order valence-electron chi connectivity index (χ3n) is 7.88. The molecule has 0 saturated carbocycles. The van der Waals surface area contributed by atoms with E-state index >= 15 is 0 Å². The van der Waals surface area contributed by atoms with Crippen LogP contribution in [0.25, 0.3) is 22.3 Å². The van der Waals surface area contributed by atoms with Crippen molar-refractivity contribution in [1.82, 2.24) is 30.2 Å². The molecule has 2 fully saturated rings. The number of fused-ring (bicyclic) bond motifs is 1. The lowest BCUT2D eigenvalue weighted by Gasteiger charge is -2.33. The van der Waals surface area contributed by atoms with E-state index in [0.717, 1.165) is 66.1 Å². The van der Waals surface area contributed by atoms with Gasteiger partial charge in [-0.2, -0.15) is 5.26 Å². The first-order chi connectivity index (χ1) is 21.5. The molecule has 12 heteroatoms. The first-order valence-electron chi connectivity index (χ1n) is 14.6. The average Bonchev–Trinajstić information content (AvgIpc) is 3.50. The van der Waals surface area contributed by atoms with Gasteiger partial charge < -0.3 is 25.3 Å². The number of aromatic amines is 1. The number of nitrogens with one attached hydrogen (secondary N) is 3. The van der Waals surface area contributed by atoms with Crippen LogP contribution >= 0.6 is 0 Å². The molecule has 1 unspecified atom stereocenters. The van der Waals surface area contributed by atoms with Crippen LogP contribution in [0.4, 0.5) is 11.5 Å². The quantitative estimate of drug-likeness (QED) is 0.207. The highest BCUT2D eigenvalue weighted by atomic mass is 16.5. The second-order valence-corrected chi connectivity index (χ2v) is 11.0. The number of piperidine rings is 1. The number of hydrogen-bond donors (Lipinski definition) is 3. The lowest BCUT2D eigenvalue weighted by atomic mass is 10.0. The standard InChI is InChI=1S/C32H33N9O3/c1-21(17-33)31(42)38-25-3-2-10-40(19-25)18-22-8-9-34-28(15-22)32(43)37-24-6-4-23(5-7-24)27-16-26-29(39-27)35-20-36-30(26)41-11-13-44-14-12-41/h4-9,15-16,20,25H,1-3,10-14,18-19H2,(H,37,43)(H,38,42)(H,35,36,39). The van der Waals surface area contributed by atoms with Crippen LogP contribution in [0, 0.1) is 11.3 Å². The molecule has 224 valence electrons. The average molecular weight is 592 g/mol. The van der Waals surface area contributed by atoms with Crippen LogP contribution in [0.3, 0.4) is 0 Å². The van der Waals surface area contributed by atoms with Gasteiger partial charge in [0.1, 0.15) is 35.1 Å². The molecule has 5 heterocycles. The summed E-state index contributed by atoms with van der Waals surface area (Å²) in [5, 5.41) is 15.7. The summed E-state index contributed by atoms with van der Waals surface area (Å²) in [5.74, 6) is 0.173. The zero-order valence-electron chi connectivity index (χ0n) is 24.3. The smallest absolute Gasteiger partial charge is 0.274 e. The van der Waals surface area contributed by atoms with Gasteiger partial charge in [0, 0.05) is 49.8 Å². The van der Waals surface area contributed by atoms with E-state index in [4.69, 9.17) is 10.00 Å². The number of aromatic nitrogens is 4. The Morgan fingerprint density at radius 3 is 2.70 bits per heavy atom. The number of pyridine rings is 1. The van der Waals surface area contributed by atoms with E-state index in [9.17, 15) is 9.59 Å². The Morgan fingerprint density at radius 1 is 1.09 bits per heavy atom. The Balaban J connectivity index is 1.08. The Bertz CT molecular complexity index is 1720. The Hall–Kier alpha value is -5.12. The minimum Gasteiger partial charge on any atom is -0.378 e. The van der Waals surface area contributed by atoms with Gasteiger partial charge >= 0.3 is 0 Å². The van der Waals surface area contributed by atoms with Gasteiger partial charge in [-0.05, 0) is 60.8 Å². The number of H-pyrrole nitrogens is 1. The molecule has 0 aliphatic carbocycles. The van der Waals surface area contributed by atoms with Crippen LogP contribution in [-0.4, -0.2) is 82.1 Å². The topological polar surface area (TPSA) is 152 Å². The molecular formula is C32H33N9O3. The summed E-state index contributed by atoms with van der Waals surface area (Å²) >= 11 is 0. The van der Waals surface area contributed by atoms with Crippen molar-refractivity contribution in [1.29, 1.82) is 5.26 Å². The fourth-order valence-electron chi connectivity index (χ4n) is 5.63. The van der Waals surface area contributed by atoms with Gasteiger partial charge in [-0.1, -0.05) is 18.7 Å². The zero-order valence-corrected chi connectivity index (χ0v) is 24.3. The van der Waals surface area contributed by atoms with Crippen molar-refractivity contribution in [3.8, 4) is 17.3 Å². The molecule has 2 amide bonds. The Kier molecular flexibility index (Phi) is 8.58. The minimum atomic E-state index is -0.427. The van der Waals surface area contributed by atoms with Crippen LogP contribution in [0.1, 0.15) is 28.9 Å². The number of ether oxygens (including phenoxy) is 1. The highest BCUT2D eigenvalue weighted by Gasteiger charge is 2.23. The van der Waals surface area contributed by atoms with Crippen molar-refractivity contribution in [3.63, 3.8) is 0 Å². The fraction of sp³-hybridized carbons (Fsp3) is 0.312. The summed E-state index contributed by atoms with van der Waals surface area (Å²) in [6.07, 6.45) is 4.97. The van der Waals surface area contributed by atoms with Crippen molar-refractivity contribution in [3.05, 3.63) is 78.4 Å². The number of benzene rings is 1. The van der Waals surface area contributed by atoms with Crippen LogP contribution in [-0.2, 0) is 16.1 Å². The Morgan fingerprint density at radius 2 is 1.91 bits per heavy atom. The summed E-state index contributed by atoms with van der Waals surface area (Å²) in [7, 11) is 0. The third kappa shape index (κ3) is 6.59. The van der Waals surface area contributed by atoms with Gasteiger partial charge in [-0.25, -0.2) is 9.97 Å². The van der Waals surface area contributed by atoms with E-state index < -0.39 is 5.91 Å². The monoisotopic (exact) mass is 591 g/mol. The molecule has 1 aromatic carbocycles. The van der Waals surface area contributed by atoms with Crippen molar-refractivity contribution in [2.75, 3.05) is 49.6 Å². The van der Waals surface area contributed by atoms with Gasteiger partial charge in [0.25, 0.3) is 11.8 Å². The van der Waals surface area contributed by atoms with E-state index in [1.807, 2.05) is 30.3 Å². The van der Waals surface area contributed by atoms with E-state index in [1.54, 1.807) is 24.7 Å². The normalized spacial score (nSPS) is 17.2. The number of hydrogen-bond acceptors (Lipinski definition) is 9. The number of amides is 2. The molecule has 12 nitrogen and oxygen atoms in total. The number of carbonyl (C=O) groups excluding carboxylic acids is 2. The molecule has 6 rings (SSSR count). The summed E-state index contributed by atoms with van der Waals surface area (Å²) < 4.78 is 5.48. The number of likely N-dealkylation sites (tertiary alicyclic amines) is 1. The Labute approximate surface area is 254 Å². The molecule has 2 aliphatic heterocycles. The molecule has 3 aromatic heterocycles. The number of nitriles is 1. The molecule has 4 aromatic rings. The first-order valence-corrected chi connectivity index (χ1v) is 14.6. The van der Waals surface area contributed by atoms with E-state index in [0.29, 0.717) is 37.7 Å². The molecule has 3 N–H and O–H groups in total. The zero-order chi connectivity index (χ0) is 30.5. The molecule has 1 atom stereocenters. The van der Waals surface area contributed by atoms with E-state index in [-0.39, 0.29) is 17.5 Å². The maximum Gasteiger partial charge on any atom is 0.274 e. The molecule has 0 bridgehead atoms. The molecule has 0 radical (unpaired) electrons. The predicted molar refractivity (Wildman–Crippen MR) is 166 cm³/mol. The van der Waals surface area contributed by atoms with Gasteiger partial charge in [0.2, 0.25) is 0 Å². The van der Waals surface area contributed by atoms with E-state index in [1.165, 1.54) is 0 Å². The number of anilines is 2. The van der Waals surface area contributed by atoms with Crippen molar-refractivity contribution in [2.45, 2.75) is 25.4 Å². The van der Waals surface area contributed by atoms with E-state index in [2.05, 4.69) is 53.0 Å². The van der Waals surface area contributed by atoms with Crippen LogP contribution < -0.4 is 15.5 Å². The van der Waals surface area contributed by atoms with Gasteiger partial charge in [-0.15, -0.1) is 0 Å². The number of morpholine rings is 1. The van der Waals surface area contributed by atoms with Crippen molar-refractivity contribution < 1.29 is 14.3 Å². The van der Waals surface area contributed by atoms with Crippen LogP contribution in [0.5, 0.6) is 0 Å². The third-order valence-corrected chi connectivity index (χ3v) is 7.88. The highest BCUT2D eigenvalue weighted by molar-refractivity contribution is 6.03. The van der Waals surface area contributed by atoms with Gasteiger partial charge in [-0.3, -0.25) is 19.5 Å².